The van der Waals surface area contributed by atoms with Gasteiger partial charge in [0.15, 0.2) is 5.96 Å². The van der Waals surface area contributed by atoms with Crippen LogP contribution in [0.3, 0.4) is 0 Å². The van der Waals surface area contributed by atoms with Gasteiger partial charge in [-0.25, -0.2) is 0 Å². The van der Waals surface area contributed by atoms with Gasteiger partial charge in [-0.15, -0.1) is 0 Å². The van der Waals surface area contributed by atoms with Gasteiger partial charge in [-0.05, 0) is 25.3 Å². The Balaban J connectivity index is 1.62. The number of hydrogen-bond acceptors (Lipinski definition) is 4. The summed E-state index contributed by atoms with van der Waals surface area (Å²) in [5, 5.41) is 10.8. The Morgan fingerprint density at radius 3 is 3.31 bits per heavy atom. The highest BCUT2D eigenvalue weighted by molar-refractivity contribution is 5.79. The molecule has 1 aliphatic rings. The summed E-state index contributed by atoms with van der Waals surface area (Å²) in [6, 6.07) is 1.95. The molecular weight excluding hydrogens is 202 g/mol. The first kappa shape index (κ1) is 11.0. The Bertz CT molecular complexity index is 317. The third-order valence-electron chi connectivity index (χ3n) is 2.56. The third-order valence-corrected chi connectivity index (χ3v) is 2.56. The lowest BCUT2D eigenvalue weighted by molar-refractivity contribution is 0.570. The van der Waals surface area contributed by atoms with Crippen molar-refractivity contribution in [2.24, 2.45) is 4.99 Å². The fourth-order valence-electron chi connectivity index (χ4n) is 1.69. The first-order chi connectivity index (χ1) is 7.95. The van der Waals surface area contributed by atoms with E-state index in [0.717, 1.165) is 38.6 Å². The predicted octanol–water partition coefficient (Wildman–Crippen LogP) is 0.602. The van der Waals surface area contributed by atoms with E-state index in [0.29, 0.717) is 0 Å². The standard InChI is InChI=1S/C11H19N5/c1-2-6-13-11(12-5-1)14-7-3-9-16-10-4-8-15-16/h4,8,10H,1-3,5-7,9H2,(H2,12,13,14). The summed E-state index contributed by atoms with van der Waals surface area (Å²) in [5.74, 6) is 0.956. The van der Waals surface area contributed by atoms with Gasteiger partial charge in [0.1, 0.15) is 0 Å². The van der Waals surface area contributed by atoms with Crippen LogP contribution >= 0.6 is 0 Å². The highest BCUT2D eigenvalue weighted by Crippen LogP contribution is 1.93. The van der Waals surface area contributed by atoms with Crippen LogP contribution in [0.15, 0.2) is 23.5 Å². The third kappa shape index (κ3) is 3.56. The van der Waals surface area contributed by atoms with Gasteiger partial charge >= 0.3 is 0 Å². The zero-order chi connectivity index (χ0) is 11.1. The average Bonchev–Trinajstić information content (AvgIpc) is 2.68. The number of aromatic nitrogens is 2. The molecule has 1 aromatic heterocycles. The molecular formula is C11H19N5. The van der Waals surface area contributed by atoms with Crippen LogP contribution in [0.2, 0.25) is 0 Å². The summed E-state index contributed by atoms with van der Waals surface area (Å²) in [5.41, 5.74) is 0. The molecule has 2 rings (SSSR count). The zero-order valence-corrected chi connectivity index (χ0v) is 9.52. The molecule has 0 unspecified atom stereocenters. The van der Waals surface area contributed by atoms with Gasteiger partial charge in [0, 0.05) is 38.6 Å². The molecule has 5 heteroatoms. The van der Waals surface area contributed by atoms with E-state index in [1.807, 2.05) is 23.1 Å². The van der Waals surface area contributed by atoms with E-state index in [1.165, 1.54) is 12.8 Å². The van der Waals surface area contributed by atoms with Crippen LogP contribution in [0.1, 0.15) is 19.3 Å². The van der Waals surface area contributed by atoms with Crippen LogP contribution in [-0.2, 0) is 6.54 Å². The van der Waals surface area contributed by atoms with Crippen LogP contribution < -0.4 is 10.6 Å². The summed E-state index contributed by atoms with van der Waals surface area (Å²) >= 11 is 0. The first-order valence-electron chi connectivity index (χ1n) is 5.95. The van der Waals surface area contributed by atoms with Crippen molar-refractivity contribution in [2.75, 3.05) is 19.6 Å². The van der Waals surface area contributed by atoms with Crippen molar-refractivity contribution in [3.05, 3.63) is 18.5 Å². The van der Waals surface area contributed by atoms with Crippen molar-refractivity contribution in [1.29, 1.82) is 0 Å². The van der Waals surface area contributed by atoms with E-state index in [2.05, 4.69) is 20.7 Å². The van der Waals surface area contributed by atoms with E-state index in [9.17, 15) is 0 Å². The van der Waals surface area contributed by atoms with Crippen molar-refractivity contribution in [3.63, 3.8) is 0 Å². The molecule has 0 radical (unpaired) electrons. The van der Waals surface area contributed by atoms with E-state index in [-0.39, 0.29) is 0 Å². The zero-order valence-electron chi connectivity index (χ0n) is 9.52. The summed E-state index contributed by atoms with van der Waals surface area (Å²) in [6.45, 7) is 3.86. The molecule has 0 saturated carbocycles. The molecule has 1 aromatic rings. The maximum atomic E-state index is 4.43. The molecule has 5 nitrogen and oxygen atoms in total. The van der Waals surface area contributed by atoms with Crippen molar-refractivity contribution >= 4 is 5.96 Å². The van der Waals surface area contributed by atoms with E-state index in [4.69, 9.17) is 0 Å². The van der Waals surface area contributed by atoms with Crippen molar-refractivity contribution in [3.8, 4) is 0 Å². The van der Waals surface area contributed by atoms with Crippen LogP contribution in [0, 0.1) is 0 Å². The molecule has 2 heterocycles. The maximum absolute atomic E-state index is 4.43. The number of rotatable bonds is 4. The Morgan fingerprint density at radius 2 is 2.44 bits per heavy atom. The van der Waals surface area contributed by atoms with Crippen molar-refractivity contribution in [1.82, 2.24) is 20.4 Å². The Kier molecular flexibility index (Phi) is 4.22. The average molecular weight is 221 g/mol. The topological polar surface area (TPSA) is 54.2 Å². The molecule has 1 aliphatic heterocycles. The molecule has 0 fully saturated rings. The molecule has 0 atom stereocenters. The molecule has 0 bridgehead atoms. The highest BCUT2D eigenvalue weighted by Gasteiger charge is 2.01. The highest BCUT2D eigenvalue weighted by atomic mass is 15.3. The fourth-order valence-corrected chi connectivity index (χ4v) is 1.69. The van der Waals surface area contributed by atoms with Gasteiger partial charge in [-0.3, -0.25) is 9.67 Å². The predicted molar refractivity (Wildman–Crippen MR) is 64.4 cm³/mol. The number of nitrogens with one attached hydrogen (secondary N) is 2. The number of guanidine groups is 1. The summed E-state index contributed by atoms with van der Waals surface area (Å²) in [7, 11) is 0. The lowest BCUT2D eigenvalue weighted by Gasteiger charge is -2.09. The van der Waals surface area contributed by atoms with Gasteiger partial charge in [0.2, 0.25) is 0 Å². The minimum atomic E-state index is 0.936. The summed E-state index contributed by atoms with van der Waals surface area (Å²) in [6.07, 6.45) is 7.25. The minimum Gasteiger partial charge on any atom is -0.356 e. The lowest BCUT2D eigenvalue weighted by atomic mass is 10.3. The number of nitrogens with zero attached hydrogens (tertiary/aromatic N) is 3. The second-order valence-corrected chi connectivity index (χ2v) is 3.91. The summed E-state index contributed by atoms with van der Waals surface area (Å²) in [4.78, 5) is 4.43. The quantitative estimate of drug-likeness (QED) is 0.732. The van der Waals surface area contributed by atoms with Crippen molar-refractivity contribution < 1.29 is 0 Å². The second-order valence-electron chi connectivity index (χ2n) is 3.91. The number of aliphatic imine (C=N–C) groups is 1. The number of aryl methyl sites for hydroxylation is 1. The molecule has 0 spiro atoms. The van der Waals surface area contributed by atoms with E-state index < -0.39 is 0 Å². The van der Waals surface area contributed by atoms with Gasteiger partial charge < -0.3 is 10.6 Å². The van der Waals surface area contributed by atoms with Gasteiger partial charge in [-0.1, -0.05) is 0 Å². The van der Waals surface area contributed by atoms with Crippen LogP contribution in [0.25, 0.3) is 0 Å². The largest absolute Gasteiger partial charge is 0.356 e. The van der Waals surface area contributed by atoms with Crippen LogP contribution in [0.5, 0.6) is 0 Å². The van der Waals surface area contributed by atoms with Crippen LogP contribution in [-0.4, -0.2) is 35.4 Å². The molecule has 2 N–H and O–H groups in total. The van der Waals surface area contributed by atoms with Gasteiger partial charge in [0.05, 0.1) is 0 Å². The van der Waals surface area contributed by atoms with Crippen molar-refractivity contribution in [2.45, 2.75) is 25.8 Å². The van der Waals surface area contributed by atoms with E-state index in [1.54, 1.807) is 0 Å². The normalized spacial score (nSPS) is 16.1. The molecule has 0 saturated heterocycles. The molecule has 0 amide bonds. The van der Waals surface area contributed by atoms with E-state index >= 15 is 0 Å². The fraction of sp³-hybridized carbons (Fsp3) is 0.636. The SMILES string of the molecule is c1cnn(CCCNC2=NCCCCN2)c1. The summed E-state index contributed by atoms with van der Waals surface area (Å²) < 4.78 is 1.95. The Labute approximate surface area is 95.9 Å². The Hall–Kier alpha value is -1.52. The Morgan fingerprint density at radius 1 is 1.44 bits per heavy atom. The van der Waals surface area contributed by atoms with Gasteiger partial charge in [-0.2, -0.15) is 5.10 Å². The lowest BCUT2D eigenvalue weighted by Crippen LogP contribution is -2.37. The second kappa shape index (κ2) is 6.15. The van der Waals surface area contributed by atoms with Crippen LogP contribution in [0.4, 0.5) is 0 Å². The minimum absolute atomic E-state index is 0.936. The first-order valence-corrected chi connectivity index (χ1v) is 5.95. The molecule has 88 valence electrons. The van der Waals surface area contributed by atoms with Gasteiger partial charge in [0.25, 0.3) is 0 Å². The monoisotopic (exact) mass is 221 g/mol. The molecule has 0 aromatic carbocycles. The molecule has 0 aliphatic carbocycles. The maximum Gasteiger partial charge on any atom is 0.191 e. The smallest absolute Gasteiger partial charge is 0.191 e. The number of hydrogen-bond donors (Lipinski definition) is 2. The molecule has 16 heavy (non-hydrogen) atoms.